The zero-order chi connectivity index (χ0) is 16.5. The highest BCUT2D eigenvalue weighted by atomic mass is 16.5. The fourth-order valence-electron chi connectivity index (χ4n) is 2.32. The minimum Gasteiger partial charge on any atom is -0.497 e. The summed E-state index contributed by atoms with van der Waals surface area (Å²) >= 11 is 0. The molecule has 0 unspecified atom stereocenters. The Hall–Kier alpha value is -2.04. The van der Waals surface area contributed by atoms with Crippen LogP contribution in [0, 0.1) is 5.92 Å². The summed E-state index contributed by atoms with van der Waals surface area (Å²) in [4.78, 5) is 26.1. The van der Waals surface area contributed by atoms with Gasteiger partial charge < -0.3 is 15.0 Å². The Morgan fingerprint density at radius 3 is 2.45 bits per heavy atom. The van der Waals surface area contributed by atoms with E-state index in [9.17, 15) is 9.59 Å². The van der Waals surface area contributed by atoms with Crippen LogP contribution in [-0.4, -0.2) is 36.9 Å². The fourth-order valence-corrected chi connectivity index (χ4v) is 2.32. The third-order valence-corrected chi connectivity index (χ3v) is 3.72. The van der Waals surface area contributed by atoms with E-state index in [0.717, 1.165) is 12.8 Å². The minimum atomic E-state index is -0.200. The molecule has 0 bridgehead atoms. The number of hydrogen-bond acceptors (Lipinski definition) is 3. The van der Waals surface area contributed by atoms with E-state index in [4.69, 9.17) is 4.74 Å². The van der Waals surface area contributed by atoms with E-state index >= 15 is 0 Å². The molecule has 0 aromatic heterocycles. The lowest BCUT2D eigenvalue weighted by atomic mass is 10.0. The van der Waals surface area contributed by atoms with Gasteiger partial charge in [-0.1, -0.05) is 19.9 Å². The molecule has 0 spiro atoms. The minimum absolute atomic E-state index is 0.00966. The molecule has 22 heavy (non-hydrogen) atoms. The van der Waals surface area contributed by atoms with Crippen molar-refractivity contribution >= 4 is 17.5 Å². The standard InChI is InChI=1S/C17H26N2O3/c1-5-13(6-2)17(21)19(7-3)12-16(20)18-14-9-8-10-15(11-14)22-4/h8-11,13H,5-7,12H2,1-4H3,(H,18,20). The molecule has 1 aromatic carbocycles. The zero-order valence-electron chi connectivity index (χ0n) is 13.9. The number of anilines is 1. The van der Waals surface area contributed by atoms with Gasteiger partial charge in [-0.15, -0.1) is 0 Å². The highest BCUT2D eigenvalue weighted by Gasteiger charge is 2.22. The third kappa shape index (κ3) is 5.06. The molecule has 0 aliphatic rings. The van der Waals surface area contributed by atoms with Crippen molar-refractivity contribution in [3.63, 3.8) is 0 Å². The number of benzene rings is 1. The van der Waals surface area contributed by atoms with E-state index in [1.165, 1.54) is 0 Å². The summed E-state index contributed by atoms with van der Waals surface area (Å²) in [6.45, 7) is 6.48. The Bertz CT molecular complexity index is 498. The number of hydrogen-bond donors (Lipinski definition) is 1. The number of methoxy groups -OCH3 is 1. The molecular weight excluding hydrogens is 280 g/mol. The summed E-state index contributed by atoms with van der Waals surface area (Å²) in [5, 5.41) is 2.80. The van der Waals surface area contributed by atoms with Gasteiger partial charge in [0.1, 0.15) is 5.75 Å². The molecule has 122 valence electrons. The second-order valence-electron chi connectivity index (χ2n) is 5.15. The van der Waals surface area contributed by atoms with E-state index in [1.807, 2.05) is 26.8 Å². The van der Waals surface area contributed by atoms with Crippen molar-refractivity contribution < 1.29 is 14.3 Å². The van der Waals surface area contributed by atoms with Crippen molar-refractivity contribution in [2.75, 3.05) is 25.5 Å². The Labute approximate surface area is 132 Å². The van der Waals surface area contributed by atoms with Gasteiger partial charge in [-0.3, -0.25) is 9.59 Å². The van der Waals surface area contributed by atoms with E-state index < -0.39 is 0 Å². The van der Waals surface area contributed by atoms with Gasteiger partial charge in [0.2, 0.25) is 11.8 Å². The van der Waals surface area contributed by atoms with Crippen molar-refractivity contribution in [3.8, 4) is 5.75 Å². The van der Waals surface area contributed by atoms with Crippen LogP contribution in [0.2, 0.25) is 0 Å². The molecule has 0 saturated heterocycles. The van der Waals surface area contributed by atoms with Crippen molar-refractivity contribution in [1.82, 2.24) is 4.90 Å². The number of amides is 2. The molecule has 2 amide bonds. The van der Waals surface area contributed by atoms with Crippen LogP contribution in [0.25, 0.3) is 0 Å². The molecule has 0 aliphatic carbocycles. The van der Waals surface area contributed by atoms with Gasteiger partial charge in [-0.05, 0) is 31.9 Å². The monoisotopic (exact) mass is 306 g/mol. The number of likely N-dealkylation sites (N-methyl/N-ethyl adjacent to an activating group) is 1. The van der Waals surface area contributed by atoms with Crippen LogP contribution >= 0.6 is 0 Å². The summed E-state index contributed by atoms with van der Waals surface area (Å²) in [6.07, 6.45) is 1.59. The van der Waals surface area contributed by atoms with Crippen LogP contribution in [0.4, 0.5) is 5.69 Å². The van der Waals surface area contributed by atoms with Crippen LogP contribution in [0.15, 0.2) is 24.3 Å². The summed E-state index contributed by atoms with van der Waals surface area (Å²) in [7, 11) is 1.58. The van der Waals surface area contributed by atoms with Gasteiger partial charge in [0.05, 0.1) is 13.7 Å². The zero-order valence-corrected chi connectivity index (χ0v) is 13.9. The average molecular weight is 306 g/mol. The van der Waals surface area contributed by atoms with Crippen LogP contribution < -0.4 is 10.1 Å². The first-order chi connectivity index (χ1) is 10.5. The Balaban J connectivity index is 2.66. The molecule has 1 aromatic rings. The van der Waals surface area contributed by atoms with Crippen LogP contribution in [0.5, 0.6) is 5.75 Å². The number of carbonyl (C=O) groups is 2. The molecule has 0 saturated carbocycles. The van der Waals surface area contributed by atoms with E-state index in [-0.39, 0.29) is 24.3 Å². The fraction of sp³-hybridized carbons (Fsp3) is 0.529. The second-order valence-corrected chi connectivity index (χ2v) is 5.15. The molecule has 0 radical (unpaired) electrons. The average Bonchev–Trinajstić information content (AvgIpc) is 2.53. The molecule has 0 atom stereocenters. The number of nitrogens with one attached hydrogen (secondary N) is 1. The number of rotatable bonds is 8. The van der Waals surface area contributed by atoms with Gasteiger partial charge in [-0.25, -0.2) is 0 Å². The predicted octanol–water partition coefficient (Wildman–Crippen LogP) is 2.92. The van der Waals surface area contributed by atoms with E-state index in [2.05, 4.69) is 5.32 Å². The highest BCUT2D eigenvalue weighted by molar-refractivity contribution is 5.94. The van der Waals surface area contributed by atoms with E-state index in [1.54, 1.807) is 30.2 Å². The molecule has 0 fully saturated rings. The maximum atomic E-state index is 12.4. The Morgan fingerprint density at radius 2 is 1.91 bits per heavy atom. The summed E-state index contributed by atoms with van der Waals surface area (Å²) in [5.74, 6) is 0.519. The maximum absolute atomic E-state index is 12.4. The summed E-state index contributed by atoms with van der Waals surface area (Å²) in [5.41, 5.74) is 0.662. The Kier molecular flexibility index (Phi) is 7.43. The first kappa shape index (κ1) is 18.0. The molecule has 1 N–H and O–H groups in total. The second kappa shape index (κ2) is 9.07. The topological polar surface area (TPSA) is 58.6 Å². The van der Waals surface area contributed by atoms with Crippen LogP contribution in [-0.2, 0) is 9.59 Å². The van der Waals surface area contributed by atoms with Crippen molar-refractivity contribution in [2.45, 2.75) is 33.6 Å². The van der Waals surface area contributed by atoms with Gasteiger partial charge >= 0.3 is 0 Å². The third-order valence-electron chi connectivity index (χ3n) is 3.72. The smallest absolute Gasteiger partial charge is 0.243 e. The first-order valence-corrected chi connectivity index (χ1v) is 7.78. The molecule has 5 nitrogen and oxygen atoms in total. The summed E-state index contributed by atoms with van der Waals surface area (Å²) in [6, 6.07) is 7.16. The first-order valence-electron chi connectivity index (χ1n) is 7.78. The Morgan fingerprint density at radius 1 is 1.23 bits per heavy atom. The maximum Gasteiger partial charge on any atom is 0.243 e. The largest absolute Gasteiger partial charge is 0.497 e. The molecule has 5 heteroatoms. The lowest BCUT2D eigenvalue weighted by Crippen LogP contribution is -2.41. The number of ether oxygens (including phenoxy) is 1. The van der Waals surface area contributed by atoms with Gasteiger partial charge in [0, 0.05) is 24.2 Å². The normalized spacial score (nSPS) is 10.4. The quantitative estimate of drug-likeness (QED) is 0.803. The van der Waals surface area contributed by atoms with Gasteiger partial charge in [0.15, 0.2) is 0 Å². The SMILES string of the molecule is CCC(CC)C(=O)N(CC)CC(=O)Nc1cccc(OC)c1. The van der Waals surface area contributed by atoms with Crippen molar-refractivity contribution in [2.24, 2.45) is 5.92 Å². The molecule has 1 rings (SSSR count). The van der Waals surface area contributed by atoms with Gasteiger partial charge in [0.25, 0.3) is 0 Å². The molecule has 0 aliphatic heterocycles. The number of nitrogens with zero attached hydrogens (tertiary/aromatic N) is 1. The van der Waals surface area contributed by atoms with Crippen LogP contribution in [0.1, 0.15) is 33.6 Å². The van der Waals surface area contributed by atoms with Crippen LogP contribution in [0.3, 0.4) is 0 Å². The molecule has 0 heterocycles. The highest BCUT2D eigenvalue weighted by Crippen LogP contribution is 2.17. The lowest BCUT2D eigenvalue weighted by Gasteiger charge is -2.24. The van der Waals surface area contributed by atoms with E-state index in [0.29, 0.717) is 18.0 Å². The van der Waals surface area contributed by atoms with Crippen molar-refractivity contribution in [1.29, 1.82) is 0 Å². The van der Waals surface area contributed by atoms with Crippen molar-refractivity contribution in [3.05, 3.63) is 24.3 Å². The predicted molar refractivity (Wildman–Crippen MR) is 87.9 cm³/mol. The van der Waals surface area contributed by atoms with Gasteiger partial charge in [-0.2, -0.15) is 0 Å². The molecular formula is C17H26N2O3. The number of carbonyl (C=O) groups excluding carboxylic acids is 2. The lowest BCUT2D eigenvalue weighted by molar-refractivity contribution is -0.138. The summed E-state index contributed by atoms with van der Waals surface area (Å²) < 4.78 is 5.12.